The maximum absolute atomic E-state index is 5.37. The molecule has 0 saturated carbocycles. The van der Waals surface area contributed by atoms with Gasteiger partial charge < -0.3 is 9.64 Å². The van der Waals surface area contributed by atoms with E-state index in [1.165, 1.54) is 5.56 Å². The van der Waals surface area contributed by atoms with Gasteiger partial charge in [0.25, 0.3) is 0 Å². The highest BCUT2D eigenvalue weighted by molar-refractivity contribution is 5.75. The van der Waals surface area contributed by atoms with Crippen molar-refractivity contribution in [3.8, 4) is 11.1 Å². The number of hydrogen-bond donors (Lipinski definition) is 1. The van der Waals surface area contributed by atoms with Crippen LogP contribution in [0.15, 0.2) is 36.5 Å². The Morgan fingerprint density at radius 2 is 1.88 bits per heavy atom. The predicted molar refractivity (Wildman–Crippen MR) is 67.1 cm³/mol. The molecule has 0 bridgehead atoms. The van der Waals surface area contributed by atoms with Crippen molar-refractivity contribution in [3.63, 3.8) is 0 Å². The Morgan fingerprint density at radius 1 is 1.12 bits per heavy atom. The van der Waals surface area contributed by atoms with Crippen molar-refractivity contribution in [2.75, 3.05) is 31.2 Å². The number of H-pyrrole nitrogens is 1. The first-order valence-electron chi connectivity index (χ1n) is 5.86. The quantitative estimate of drug-likeness (QED) is 0.855. The van der Waals surface area contributed by atoms with E-state index in [9.17, 15) is 0 Å². The van der Waals surface area contributed by atoms with E-state index in [0.717, 1.165) is 37.7 Å². The van der Waals surface area contributed by atoms with Gasteiger partial charge in [-0.05, 0) is 5.56 Å². The van der Waals surface area contributed by atoms with Crippen LogP contribution in [-0.4, -0.2) is 36.5 Å². The molecule has 1 aliphatic heterocycles. The molecule has 1 fully saturated rings. The Hall–Kier alpha value is -1.81. The number of aromatic nitrogens is 2. The lowest BCUT2D eigenvalue weighted by molar-refractivity contribution is 0.122. The van der Waals surface area contributed by atoms with E-state index >= 15 is 0 Å². The van der Waals surface area contributed by atoms with Gasteiger partial charge in [-0.25, -0.2) is 0 Å². The second-order valence-corrected chi connectivity index (χ2v) is 4.10. The molecule has 0 radical (unpaired) electrons. The third-order valence-corrected chi connectivity index (χ3v) is 3.03. The number of nitrogens with one attached hydrogen (secondary N) is 1. The number of rotatable bonds is 2. The zero-order chi connectivity index (χ0) is 11.5. The molecule has 2 heterocycles. The van der Waals surface area contributed by atoms with Crippen LogP contribution in [0.1, 0.15) is 0 Å². The van der Waals surface area contributed by atoms with Gasteiger partial charge in [-0.15, -0.1) is 0 Å². The third kappa shape index (κ3) is 2.03. The van der Waals surface area contributed by atoms with Gasteiger partial charge in [0.05, 0.1) is 19.4 Å². The highest BCUT2D eigenvalue weighted by Crippen LogP contribution is 2.28. The second kappa shape index (κ2) is 4.59. The average molecular weight is 229 g/mol. The van der Waals surface area contributed by atoms with E-state index in [-0.39, 0.29) is 0 Å². The molecule has 0 unspecified atom stereocenters. The van der Waals surface area contributed by atoms with Gasteiger partial charge in [0.2, 0.25) is 0 Å². The topological polar surface area (TPSA) is 41.2 Å². The van der Waals surface area contributed by atoms with Crippen LogP contribution in [0.25, 0.3) is 11.1 Å². The second-order valence-electron chi connectivity index (χ2n) is 4.10. The molecule has 1 saturated heterocycles. The number of ether oxygens (including phenoxy) is 1. The summed E-state index contributed by atoms with van der Waals surface area (Å²) < 4.78 is 5.37. The van der Waals surface area contributed by atoms with Gasteiger partial charge in [0, 0.05) is 18.7 Å². The molecule has 4 heteroatoms. The van der Waals surface area contributed by atoms with Crippen molar-refractivity contribution in [1.82, 2.24) is 10.2 Å². The molecule has 4 nitrogen and oxygen atoms in total. The van der Waals surface area contributed by atoms with Crippen molar-refractivity contribution >= 4 is 5.82 Å². The summed E-state index contributed by atoms with van der Waals surface area (Å²) in [5.74, 6) is 1.10. The summed E-state index contributed by atoms with van der Waals surface area (Å²) in [7, 11) is 0. The van der Waals surface area contributed by atoms with Gasteiger partial charge in [0.15, 0.2) is 0 Å². The molecule has 88 valence electrons. The Kier molecular flexibility index (Phi) is 2.80. The molecule has 0 atom stereocenters. The summed E-state index contributed by atoms with van der Waals surface area (Å²) >= 11 is 0. The summed E-state index contributed by atoms with van der Waals surface area (Å²) in [4.78, 5) is 2.29. The standard InChI is InChI=1S/C13H15N3O/c1-2-4-11(5-3-1)12-10-14-15-13(12)16-6-8-17-9-7-16/h1-5,10H,6-9H2,(H,14,15). The zero-order valence-electron chi connectivity index (χ0n) is 9.60. The average Bonchev–Trinajstić information content (AvgIpc) is 2.90. The van der Waals surface area contributed by atoms with Crippen molar-refractivity contribution in [2.24, 2.45) is 0 Å². The molecule has 1 aromatic heterocycles. The Bertz CT molecular complexity index is 474. The largest absolute Gasteiger partial charge is 0.378 e. The molecule has 1 N–H and O–H groups in total. The minimum atomic E-state index is 0.785. The van der Waals surface area contributed by atoms with E-state index < -0.39 is 0 Å². The zero-order valence-corrected chi connectivity index (χ0v) is 9.60. The lowest BCUT2D eigenvalue weighted by Crippen LogP contribution is -2.36. The fourth-order valence-corrected chi connectivity index (χ4v) is 2.14. The van der Waals surface area contributed by atoms with E-state index in [1.807, 2.05) is 24.4 Å². The molecule has 0 aliphatic carbocycles. The smallest absolute Gasteiger partial charge is 0.132 e. The van der Waals surface area contributed by atoms with Crippen LogP contribution in [0.2, 0.25) is 0 Å². The highest BCUT2D eigenvalue weighted by atomic mass is 16.5. The molecular weight excluding hydrogens is 214 g/mol. The van der Waals surface area contributed by atoms with Crippen molar-refractivity contribution < 1.29 is 4.74 Å². The molecule has 2 aromatic rings. The van der Waals surface area contributed by atoms with Crippen LogP contribution < -0.4 is 4.90 Å². The van der Waals surface area contributed by atoms with Crippen molar-refractivity contribution in [1.29, 1.82) is 0 Å². The fraction of sp³-hybridized carbons (Fsp3) is 0.308. The first-order chi connectivity index (χ1) is 8.45. The number of anilines is 1. The minimum Gasteiger partial charge on any atom is -0.378 e. The van der Waals surface area contributed by atoms with Crippen molar-refractivity contribution in [3.05, 3.63) is 36.5 Å². The van der Waals surface area contributed by atoms with Crippen LogP contribution in [0.4, 0.5) is 5.82 Å². The van der Waals surface area contributed by atoms with E-state index in [2.05, 4.69) is 27.2 Å². The summed E-state index contributed by atoms with van der Waals surface area (Å²) in [6, 6.07) is 10.3. The summed E-state index contributed by atoms with van der Waals surface area (Å²) in [6.45, 7) is 3.41. The number of morpholine rings is 1. The monoisotopic (exact) mass is 229 g/mol. The number of aromatic amines is 1. The molecule has 0 spiro atoms. The summed E-state index contributed by atoms with van der Waals surface area (Å²) in [6.07, 6.45) is 1.89. The third-order valence-electron chi connectivity index (χ3n) is 3.03. The summed E-state index contributed by atoms with van der Waals surface area (Å²) in [5.41, 5.74) is 2.36. The maximum atomic E-state index is 5.37. The van der Waals surface area contributed by atoms with Gasteiger partial charge in [0.1, 0.15) is 5.82 Å². The van der Waals surface area contributed by atoms with E-state index in [1.54, 1.807) is 0 Å². The lowest BCUT2D eigenvalue weighted by Gasteiger charge is -2.28. The van der Waals surface area contributed by atoms with Crippen LogP contribution in [0.5, 0.6) is 0 Å². The minimum absolute atomic E-state index is 0.785. The van der Waals surface area contributed by atoms with Crippen LogP contribution >= 0.6 is 0 Å². The van der Waals surface area contributed by atoms with Crippen LogP contribution in [-0.2, 0) is 4.74 Å². The first-order valence-corrected chi connectivity index (χ1v) is 5.86. The molecule has 1 aromatic carbocycles. The predicted octanol–water partition coefficient (Wildman–Crippen LogP) is 1.91. The Morgan fingerprint density at radius 3 is 2.65 bits per heavy atom. The lowest BCUT2D eigenvalue weighted by atomic mass is 10.1. The molecular formula is C13H15N3O. The SMILES string of the molecule is c1ccc(-c2cn[nH]c2N2CCOCC2)cc1. The first kappa shape index (κ1) is 10.4. The molecule has 0 amide bonds. The Balaban J connectivity index is 1.93. The summed E-state index contributed by atoms with van der Waals surface area (Å²) in [5, 5.41) is 7.26. The molecule has 3 rings (SSSR count). The van der Waals surface area contributed by atoms with Gasteiger partial charge in [-0.3, -0.25) is 5.10 Å². The van der Waals surface area contributed by atoms with Gasteiger partial charge in [-0.2, -0.15) is 5.10 Å². The molecule has 1 aliphatic rings. The molecule has 17 heavy (non-hydrogen) atoms. The number of hydrogen-bond acceptors (Lipinski definition) is 3. The van der Waals surface area contributed by atoms with E-state index in [0.29, 0.717) is 0 Å². The highest BCUT2D eigenvalue weighted by Gasteiger charge is 2.17. The van der Waals surface area contributed by atoms with Gasteiger partial charge in [-0.1, -0.05) is 30.3 Å². The van der Waals surface area contributed by atoms with E-state index in [4.69, 9.17) is 4.74 Å². The Labute approximate surface area is 100 Å². The normalized spacial score (nSPS) is 16.1. The van der Waals surface area contributed by atoms with Gasteiger partial charge >= 0.3 is 0 Å². The van der Waals surface area contributed by atoms with Crippen LogP contribution in [0.3, 0.4) is 0 Å². The van der Waals surface area contributed by atoms with Crippen molar-refractivity contribution in [2.45, 2.75) is 0 Å². The number of nitrogens with zero attached hydrogens (tertiary/aromatic N) is 2. The fourth-order valence-electron chi connectivity index (χ4n) is 2.14. The maximum Gasteiger partial charge on any atom is 0.132 e. The number of benzene rings is 1. The van der Waals surface area contributed by atoms with Crippen LogP contribution in [0, 0.1) is 0 Å².